The lowest BCUT2D eigenvalue weighted by molar-refractivity contribution is -0.145. The largest absolute Gasteiger partial charge is 0.338 e. The smallest absolute Gasteiger partial charge is 0.236 e. The van der Waals surface area contributed by atoms with E-state index >= 15 is 0 Å². The predicted molar refractivity (Wildman–Crippen MR) is 132 cm³/mol. The van der Waals surface area contributed by atoms with Crippen LogP contribution in [0.2, 0.25) is 0 Å². The molecule has 2 amide bonds. The Balaban J connectivity index is 1.28. The van der Waals surface area contributed by atoms with E-state index in [1.165, 1.54) is 34.4 Å². The van der Waals surface area contributed by atoms with Crippen LogP contribution >= 0.6 is 11.3 Å². The zero-order valence-corrected chi connectivity index (χ0v) is 20.7. The normalized spacial score (nSPS) is 24.2. The number of hydrogen-bond acceptors (Lipinski definition) is 4. The van der Waals surface area contributed by atoms with Gasteiger partial charge in [0.05, 0.1) is 12.6 Å². The lowest BCUT2D eigenvalue weighted by Gasteiger charge is -2.42. The number of aryl methyl sites for hydroxylation is 1. The molecule has 176 valence electrons. The second-order valence-electron chi connectivity index (χ2n) is 9.98. The Labute approximate surface area is 201 Å². The summed E-state index contributed by atoms with van der Waals surface area (Å²) in [6.45, 7) is 7.54. The maximum Gasteiger partial charge on any atom is 0.236 e. The van der Waals surface area contributed by atoms with E-state index < -0.39 is 0 Å². The topological polar surface area (TPSA) is 43.9 Å². The van der Waals surface area contributed by atoms with Crippen molar-refractivity contribution in [2.45, 2.75) is 58.0 Å². The first-order chi connectivity index (χ1) is 16.0. The summed E-state index contributed by atoms with van der Waals surface area (Å²) in [4.78, 5) is 34.2. The van der Waals surface area contributed by atoms with Crippen LogP contribution in [0.15, 0.2) is 35.7 Å². The summed E-state index contributed by atoms with van der Waals surface area (Å²) in [5.74, 6) is 0.706. The highest BCUT2D eigenvalue weighted by Crippen LogP contribution is 2.38. The number of benzene rings is 1. The first-order valence-corrected chi connectivity index (χ1v) is 13.3. The van der Waals surface area contributed by atoms with Gasteiger partial charge in [0, 0.05) is 43.0 Å². The van der Waals surface area contributed by atoms with Gasteiger partial charge in [0.1, 0.15) is 0 Å². The van der Waals surface area contributed by atoms with Gasteiger partial charge in [0.15, 0.2) is 0 Å². The summed E-state index contributed by atoms with van der Waals surface area (Å²) in [5, 5.41) is 2.18. The molecule has 5 nitrogen and oxygen atoms in total. The van der Waals surface area contributed by atoms with E-state index in [2.05, 4.69) is 54.5 Å². The number of thiophene rings is 1. The van der Waals surface area contributed by atoms with Crippen molar-refractivity contribution in [3.63, 3.8) is 0 Å². The third kappa shape index (κ3) is 4.47. The lowest BCUT2D eigenvalue weighted by atomic mass is 9.90. The molecule has 3 heterocycles. The molecule has 1 aromatic heterocycles. The van der Waals surface area contributed by atoms with Gasteiger partial charge in [-0.2, -0.15) is 0 Å². The number of amides is 2. The predicted octanol–water partition coefficient (Wildman–Crippen LogP) is 4.25. The van der Waals surface area contributed by atoms with Crippen molar-refractivity contribution in [2.24, 2.45) is 5.92 Å². The quantitative estimate of drug-likeness (QED) is 0.678. The highest BCUT2D eigenvalue weighted by Gasteiger charge is 2.36. The standard InChI is InChI=1S/C27H35N3O2S/c1-19-7-3-6-10-22(19)26-23-12-16-33-24(23)11-13-29(26)18-25(31)28-14-15-30(20(2)17-28)27(32)21-8-4-5-9-21/h3,6-7,10,12,16,20-21,26H,4-5,8-9,11,13-15,17-18H2,1-2H3/t20-,26+/m0/s1. The number of fused-ring (bicyclic) bond motifs is 1. The summed E-state index contributed by atoms with van der Waals surface area (Å²) < 4.78 is 0. The van der Waals surface area contributed by atoms with E-state index in [0.29, 0.717) is 32.1 Å². The minimum Gasteiger partial charge on any atom is -0.338 e. The van der Waals surface area contributed by atoms with Gasteiger partial charge in [0.2, 0.25) is 11.8 Å². The van der Waals surface area contributed by atoms with Gasteiger partial charge in [-0.1, -0.05) is 37.1 Å². The second-order valence-corrected chi connectivity index (χ2v) is 11.0. The van der Waals surface area contributed by atoms with E-state index in [0.717, 1.165) is 25.8 Å². The monoisotopic (exact) mass is 465 g/mol. The molecule has 2 aromatic rings. The summed E-state index contributed by atoms with van der Waals surface area (Å²) in [6, 6.07) is 11.0. The molecule has 0 bridgehead atoms. The molecule has 3 aliphatic rings. The molecule has 2 aliphatic heterocycles. The van der Waals surface area contributed by atoms with Gasteiger partial charge in [0.25, 0.3) is 0 Å². The molecule has 1 saturated heterocycles. The maximum atomic E-state index is 13.4. The minimum atomic E-state index is 0.0906. The summed E-state index contributed by atoms with van der Waals surface area (Å²) in [6.07, 6.45) is 5.41. The van der Waals surface area contributed by atoms with Gasteiger partial charge in [-0.3, -0.25) is 14.5 Å². The molecule has 0 N–H and O–H groups in total. The van der Waals surface area contributed by atoms with E-state index in [-0.39, 0.29) is 23.9 Å². The minimum absolute atomic E-state index is 0.0906. The highest BCUT2D eigenvalue weighted by atomic mass is 32.1. The van der Waals surface area contributed by atoms with Crippen molar-refractivity contribution >= 4 is 23.2 Å². The Hall–Kier alpha value is -2.18. The molecule has 2 fully saturated rings. The van der Waals surface area contributed by atoms with Crippen molar-refractivity contribution in [1.29, 1.82) is 0 Å². The van der Waals surface area contributed by atoms with Gasteiger partial charge in [-0.15, -0.1) is 11.3 Å². The number of rotatable bonds is 4. The number of carbonyl (C=O) groups excluding carboxylic acids is 2. The zero-order valence-electron chi connectivity index (χ0n) is 19.8. The van der Waals surface area contributed by atoms with Crippen LogP contribution in [0, 0.1) is 12.8 Å². The molecule has 0 radical (unpaired) electrons. The molecule has 1 aromatic carbocycles. The van der Waals surface area contributed by atoms with Gasteiger partial charge >= 0.3 is 0 Å². The first kappa shape index (κ1) is 22.6. The van der Waals surface area contributed by atoms with Crippen molar-refractivity contribution in [3.05, 3.63) is 57.3 Å². The van der Waals surface area contributed by atoms with Gasteiger partial charge < -0.3 is 9.80 Å². The molecule has 2 atom stereocenters. The summed E-state index contributed by atoms with van der Waals surface area (Å²) >= 11 is 1.83. The van der Waals surface area contributed by atoms with E-state index in [9.17, 15) is 9.59 Å². The molecule has 6 heteroatoms. The molecule has 0 unspecified atom stereocenters. The van der Waals surface area contributed by atoms with E-state index in [1.807, 2.05) is 21.1 Å². The molecule has 0 spiro atoms. The highest BCUT2D eigenvalue weighted by molar-refractivity contribution is 7.10. The van der Waals surface area contributed by atoms with Crippen molar-refractivity contribution < 1.29 is 9.59 Å². The van der Waals surface area contributed by atoms with Gasteiger partial charge in [-0.05, 0) is 61.2 Å². The Kier molecular flexibility index (Phi) is 6.57. The average Bonchev–Trinajstić information content (AvgIpc) is 3.51. The Morgan fingerprint density at radius 2 is 1.82 bits per heavy atom. The molecule has 33 heavy (non-hydrogen) atoms. The van der Waals surface area contributed by atoms with Crippen LogP contribution in [0.1, 0.15) is 60.2 Å². The Morgan fingerprint density at radius 3 is 2.58 bits per heavy atom. The van der Waals surface area contributed by atoms with Crippen LogP contribution in [-0.2, 0) is 16.0 Å². The molecule has 1 saturated carbocycles. The summed E-state index contributed by atoms with van der Waals surface area (Å²) in [5.41, 5.74) is 3.92. The Bertz CT molecular complexity index is 1010. The molecule has 5 rings (SSSR count). The zero-order chi connectivity index (χ0) is 22.9. The van der Waals surface area contributed by atoms with E-state index in [4.69, 9.17) is 0 Å². The number of hydrogen-bond donors (Lipinski definition) is 0. The van der Waals surface area contributed by atoms with Crippen LogP contribution in [0.3, 0.4) is 0 Å². The van der Waals surface area contributed by atoms with Crippen LogP contribution in [0.4, 0.5) is 0 Å². The van der Waals surface area contributed by atoms with Crippen LogP contribution < -0.4 is 0 Å². The third-order valence-corrected chi connectivity index (χ3v) is 8.85. The molecular weight excluding hydrogens is 430 g/mol. The maximum absolute atomic E-state index is 13.4. The lowest BCUT2D eigenvalue weighted by Crippen LogP contribution is -2.58. The Morgan fingerprint density at radius 1 is 1.03 bits per heavy atom. The second kappa shape index (κ2) is 9.59. The fourth-order valence-electron chi connectivity index (χ4n) is 5.99. The van der Waals surface area contributed by atoms with Crippen LogP contribution in [0.25, 0.3) is 0 Å². The van der Waals surface area contributed by atoms with Crippen molar-refractivity contribution in [1.82, 2.24) is 14.7 Å². The van der Waals surface area contributed by atoms with Crippen molar-refractivity contribution in [2.75, 3.05) is 32.7 Å². The van der Waals surface area contributed by atoms with Gasteiger partial charge in [-0.25, -0.2) is 0 Å². The molecule has 1 aliphatic carbocycles. The third-order valence-electron chi connectivity index (χ3n) is 7.85. The first-order valence-electron chi connectivity index (χ1n) is 12.5. The van der Waals surface area contributed by atoms with Crippen LogP contribution in [0.5, 0.6) is 0 Å². The number of piperazine rings is 1. The van der Waals surface area contributed by atoms with Crippen LogP contribution in [-0.4, -0.2) is 65.3 Å². The number of nitrogens with zero attached hydrogens (tertiary/aromatic N) is 3. The van der Waals surface area contributed by atoms with Crippen molar-refractivity contribution in [3.8, 4) is 0 Å². The van der Waals surface area contributed by atoms with E-state index in [1.54, 1.807) is 0 Å². The summed E-state index contributed by atoms with van der Waals surface area (Å²) in [7, 11) is 0. The molecular formula is C27H35N3O2S. The average molecular weight is 466 g/mol. The fraction of sp³-hybridized carbons (Fsp3) is 0.556. The SMILES string of the molecule is Cc1ccccc1[C@@H]1c2ccsc2CCN1CC(=O)N1CCN(C(=O)C2CCCC2)[C@@H](C)C1. The fourth-order valence-corrected chi connectivity index (χ4v) is 6.89. The number of carbonyl (C=O) groups is 2.